The summed E-state index contributed by atoms with van der Waals surface area (Å²) < 4.78 is 78.0. The third-order valence-corrected chi connectivity index (χ3v) is 11.1. The number of nitrogens with one attached hydrogen (secondary N) is 1. The van der Waals surface area contributed by atoms with Crippen molar-refractivity contribution < 1.29 is 56.0 Å². The van der Waals surface area contributed by atoms with Crippen LogP contribution in [0.25, 0.3) is 38.6 Å². The van der Waals surface area contributed by atoms with Gasteiger partial charge in [0, 0.05) is 59.3 Å². The Hall–Kier alpha value is -5.88. The van der Waals surface area contributed by atoms with E-state index in [1.807, 2.05) is 29.8 Å². The minimum absolute atomic E-state index is 0.00510. The van der Waals surface area contributed by atoms with Crippen LogP contribution >= 0.6 is 0 Å². The molecule has 0 spiro atoms. The Labute approximate surface area is 354 Å². The van der Waals surface area contributed by atoms with E-state index in [1.54, 1.807) is 41.6 Å². The second-order valence-corrected chi connectivity index (χ2v) is 15.0. The highest BCUT2D eigenvalue weighted by Crippen LogP contribution is 2.44. The molecule has 14 nitrogen and oxygen atoms in total. The summed E-state index contributed by atoms with van der Waals surface area (Å²) in [7, 11) is 1.87. The van der Waals surface area contributed by atoms with E-state index in [1.165, 1.54) is 12.1 Å². The number of allylic oxidation sites excluding steroid dienone is 1. The molecule has 3 aromatic heterocycles. The van der Waals surface area contributed by atoms with E-state index in [0.717, 1.165) is 57.9 Å². The van der Waals surface area contributed by atoms with Gasteiger partial charge in [-0.2, -0.15) is 13.2 Å². The Morgan fingerprint density at radius 2 is 1.40 bits per heavy atom. The lowest BCUT2D eigenvalue weighted by atomic mass is 9.87. The number of imide groups is 1. The van der Waals surface area contributed by atoms with Gasteiger partial charge in [0.2, 0.25) is 17.7 Å². The van der Waals surface area contributed by atoms with E-state index in [-0.39, 0.29) is 62.5 Å². The first-order valence-corrected chi connectivity index (χ1v) is 20.6. The number of hydrogen-bond acceptors (Lipinski definition) is 11. The maximum atomic E-state index is 14.2. The first-order chi connectivity index (χ1) is 30.1. The summed E-state index contributed by atoms with van der Waals surface area (Å²) in [4.78, 5) is 47.6. The van der Waals surface area contributed by atoms with E-state index in [9.17, 15) is 27.6 Å². The molecule has 0 radical (unpaired) electrons. The van der Waals surface area contributed by atoms with Gasteiger partial charge in [0.05, 0.1) is 69.6 Å². The van der Waals surface area contributed by atoms with Crippen molar-refractivity contribution in [3.05, 3.63) is 89.4 Å². The van der Waals surface area contributed by atoms with E-state index in [0.29, 0.717) is 56.5 Å². The molecular weight excluding hydrogens is 812 g/mol. The van der Waals surface area contributed by atoms with Crippen molar-refractivity contribution in [1.29, 1.82) is 0 Å². The number of amides is 3. The molecule has 0 bridgehead atoms. The lowest BCUT2D eigenvalue weighted by Gasteiger charge is -2.33. The molecule has 1 saturated heterocycles. The number of rotatable bonds is 19. The molecule has 62 heavy (non-hydrogen) atoms. The first kappa shape index (κ1) is 42.8. The maximum Gasteiger partial charge on any atom is 0.434 e. The molecule has 17 heteroatoms. The Bertz CT molecular complexity index is 2500. The lowest BCUT2D eigenvalue weighted by Crippen LogP contribution is -2.52. The Morgan fingerprint density at radius 3 is 2.06 bits per heavy atom. The average molecular weight is 858 g/mol. The first-order valence-electron chi connectivity index (χ1n) is 20.6. The highest BCUT2D eigenvalue weighted by molar-refractivity contribution is 6.13. The van der Waals surface area contributed by atoms with Crippen LogP contribution in [0, 0.1) is 0 Å². The maximum absolute atomic E-state index is 14.2. The zero-order valence-corrected chi connectivity index (χ0v) is 34.1. The van der Waals surface area contributed by atoms with Crippen molar-refractivity contribution in [1.82, 2.24) is 24.8 Å². The van der Waals surface area contributed by atoms with Gasteiger partial charge in [-0.05, 0) is 73.2 Å². The van der Waals surface area contributed by atoms with Crippen molar-refractivity contribution in [2.75, 3.05) is 66.1 Å². The van der Waals surface area contributed by atoms with E-state index in [4.69, 9.17) is 28.4 Å². The number of aromatic nitrogens is 3. The molecule has 1 saturated carbocycles. The summed E-state index contributed by atoms with van der Waals surface area (Å²) >= 11 is 0. The molecule has 326 valence electrons. The molecule has 2 fully saturated rings. The van der Waals surface area contributed by atoms with E-state index >= 15 is 0 Å². The fourth-order valence-electron chi connectivity index (χ4n) is 7.91. The molecule has 3 amide bonds. The van der Waals surface area contributed by atoms with Gasteiger partial charge in [-0.15, -0.1) is 0 Å². The SMILES string of the molecule is Cn1c2ccncc2c2ccc(-c3ccc(OCCOCCOCCOCCOCCOc4ccc5c(c4)C(=O)N(C4CCC(=O)NC4=O)C5=C4CCC4)nc3C(F)(F)F)cc21. The predicted molar refractivity (Wildman–Crippen MR) is 220 cm³/mol. The molecule has 2 aromatic carbocycles. The van der Waals surface area contributed by atoms with Gasteiger partial charge in [0.15, 0.2) is 5.69 Å². The summed E-state index contributed by atoms with van der Waals surface area (Å²) in [5.74, 6) is -0.676. The highest BCUT2D eigenvalue weighted by atomic mass is 19.4. The Morgan fingerprint density at radius 1 is 0.726 bits per heavy atom. The van der Waals surface area contributed by atoms with Gasteiger partial charge in [-0.25, -0.2) is 4.98 Å². The summed E-state index contributed by atoms with van der Waals surface area (Å²) in [6, 6.07) is 14.5. The number of pyridine rings is 2. The van der Waals surface area contributed by atoms with Crippen LogP contribution in [0.3, 0.4) is 0 Å². The minimum Gasteiger partial charge on any atom is -0.491 e. The second kappa shape index (κ2) is 19.0. The van der Waals surface area contributed by atoms with Crippen LogP contribution in [-0.2, 0) is 41.8 Å². The van der Waals surface area contributed by atoms with Gasteiger partial charge < -0.3 is 33.0 Å². The fraction of sp³-hybridized carbons (Fsp3) is 0.400. The zero-order chi connectivity index (χ0) is 43.2. The number of hydrogen-bond donors (Lipinski definition) is 1. The van der Waals surface area contributed by atoms with Gasteiger partial charge in [-0.3, -0.25) is 29.6 Å². The van der Waals surface area contributed by atoms with Crippen molar-refractivity contribution in [2.45, 2.75) is 44.3 Å². The molecule has 5 heterocycles. The third-order valence-electron chi connectivity index (χ3n) is 11.1. The molecule has 1 unspecified atom stereocenters. The van der Waals surface area contributed by atoms with Crippen LogP contribution in [-0.4, -0.2) is 109 Å². The van der Waals surface area contributed by atoms with Crippen LogP contribution in [0.4, 0.5) is 13.2 Å². The number of ether oxygens (including phenoxy) is 6. The van der Waals surface area contributed by atoms with Crippen LogP contribution in [0.2, 0.25) is 0 Å². The van der Waals surface area contributed by atoms with Gasteiger partial charge in [0.1, 0.15) is 25.0 Å². The molecule has 2 aliphatic heterocycles. The molecule has 1 N–H and O–H groups in total. The molecule has 1 atom stereocenters. The summed E-state index contributed by atoms with van der Waals surface area (Å²) in [5.41, 5.74) is 4.22. The second-order valence-electron chi connectivity index (χ2n) is 15.0. The smallest absolute Gasteiger partial charge is 0.434 e. The third kappa shape index (κ3) is 9.30. The van der Waals surface area contributed by atoms with Crippen molar-refractivity contribution >= 4 is 45.2 Å². The number of aryl methyl sites for hydroxylation is 1. The number of benzene rings is 2. The Balaban J connectivity index is 0.683. The van der Waals surface area contributed by atoms with Crippen molar-refractivity contribution in [3.63, 3.8) is 0 Å². The quantitative estimate of drug-likeness (QED) is 0.0717. The number of piperidine rings is 1. The Kier molecular flexibility index (Phi) is 13.1. The molecule has 3 aliphatic rings. The largest absolute Gasteiger partial charge is 0.491 e. The van der Waals surface area contributed by atoms with E-state index < -0.39 is 23.8 Å². The molecular formula is C45H46F3N5O9. The summed E-state index contributed by atoms with van der Waals surface area (Å²) in [6.45, 7) is 2.61. The number of fused-ring (bicyclic) bond motifs is 4. The average Bonchev–Trinajstić information content (AvgIpc) is 3.68. The van der Waals surface area contributed by atoms with Crippen LogP contribution in [0.5, 0.6) is 11.6 Å². The monoisotopic (exact) mass is 857 g/mol. The number of halogens is 3. The standard InChI is InChI=1S/C45H46F3N5O9/c1-52-36-13-14-49-27-35(36)32-7-5-29(25-38(32)52)31-9-12-40(51-42(31)45(46,47)48)62-24-22-60-20-18-58-16-15-57-17-19-59-21-23-61-30-6-8-33-34(26-30)44(56)53(41(33)28-3-2-4-28)37-10-11-39(54)50-43(37)55/h5-9,12-14,25-27,37H,2-4,10-11,15-24H2,1H3,(H,50,54,55). The molecule has 5 aromatic rings. The minimum atomic E-state index is -4.70. The lowest BCUT2D eigenvalue weighted by molar-refractivity contribution is -0.141. The molecule has 8 rings (SSSR count). The van der Waals surface area contributed by atoms with Crippen LogP contribution in [0.1, 0.15) is 53.7 Å². The normalized spacial score (nSPS) is 16.6. The van der Waals surface area contributed by atoms with Gasteiger partial charge in [-0.1, -0.05) is 12.1 Å². The number of nitrogens with zero attached hydrogens (tertiary/aromatic N) is 4. The van der Waals surface area contributed by atoms with Crippen LogP contribution < -0.4 is 14.8 Å². The summed E-state index contributed by atoms with van der Waals surface area (Å²) in [5, 5.41) is 4.19. The van der Waals surface area contributed by atoms with Gasteiger partial charge >= 0.3 is 6.18 Å². The number of carbonyl (C=O) groups is 3. The topological polar surface area (TPSA) is 153 Å². The van der Waals surface area contributed by atoms with Crippen molar-refractivity contribution in [3.8, 4) is 22.8 Å². The molecule has 1 aliphatic carbocycles. The van der Waals surface area contributed by atoms with Crippen molar-refractivity contribution in [2.24, 2.45) is 7.05 Å². The summed E-state index contributed by atoms with van der Waals surface area (Å²) in [6.07, 6.45) is 1.97. The van der Waals surface area contributed by atoms with Crippen LogP contribution in [0.15, 0.2) is 72.6 Å². The predicted octanol–water partition coefficient (Wildman–Crippen LogP) is 6.49. The number of carbonyl (C=O) groups excluding carboxylic acids is 3. The fourth-order valence-corrected chi connectivity index (χ4v) is 7.91. The highest BCUT2D eigenvalue weighted by Gasteiger charge is 2.44. The van der Waals surface area contributed by atoms with E-state index in [2.05, 4.69) is 15.3 Å². The van der Waals surface area contributed by atoms with Gasteiger partial charge in [0.25, 0.3) is 5.91 Å². The zero-order valence-electron chi connectivity index (χ0n) is 34.1. The number of alkyl halides is 3.